The quantitative estimate of drug-likeness (QED) is 0.690. The minimum absolute atomic E-state index is 0.0816. The van der Waals surface area contributed by atoms with Gasteiger partial charge >= 0.3 is 0 Å². The van der Waals surface area contributed by atoms with Crippen molar-refractivity contribution in [2.45, 2.75) is 57.2 Å². The fraction of sp³-hybridized carbons (Fsp3) is 0.500. The standard InChI is InChI=1S/C20H25BrN2O3S/c1-13-17(27-16-9-4-5-10-16)18(24)23(12-26-13)20(2,3)19(25)22-15-8-6-7-14(21)11-15/h6-8,11,16H,4-5,9-10,12H2,1-3H3,(H,22,25). The van der Waals surface area contributed by atoms with Crippen LogP contribution >= 0.6 is 27.7 Å². The minimum Gasteiger partial charge on any atom is -0.476 e. The second-order valence-electron chi connectivity index (χ2n) is 7.44. The maximum absolute atomic E-state index is 13.2. The number of amides is 2. The van der Waals surface area contributed by atoms with E-state index in [0.717, 1.165) is 17.3 Å². The molecule has 0 bridgehead atoms. The van der Waals surface area contributed by atoms with Crippen LogP contribution in [0.25, 0.3) is 0 Å². The van der Waals surface area contributed by atoms with Gasteiger partial charge in [0, 0.05) is 15.4 Å². The summed E-state index contributed by atoms with van der Waals surface area (Å²) in [6.45, 7) is 5.42. The van der Waals surface area contributed by atoms with Gasteiger partial charge in [-0.1, -0.05) is 34.8 Å². The maximum Gasteiger partial charge on any atom is 0.267 e. The van der Waals surface area contributed by atoms with E-state index in [-0.39, 0.29) is 18.5 Å². The number of halogens is 1. The van der Waals surface area contributed by atoms with Crippen molar-refractivity contribution in [1.82, 2.24) is 4.90 Å². The van der Waals surface area contributed by atoms with E-state index in [9.17, 15) is 9.59 Å². The summed E-state index contributed by atoms with van der Waals surface area (Å²) in [5, 5.41) is 3.36. The average molecular weight is 453 g/mol. The molecule has 1 N–H and O–H groups in total. The lowest BCUT2D eigenvalue weighted by molar-refractivity contribution is -0.148. The zero-order chi connectivity index (χ0) is 19.6. The molecule has 0 atom stereocenters. The number of anilines is 1. The first-order chi connectivity index (χ1) is 12.8. The molecular formula is C20H25BrN2O3S. The molecule has 1 fully saturated rings. The summed E-state index contributed by atoms with van der Waals surface area (Å²) >= 11 is 5.01. The molecule has 1 aliphatic heterocycles. The maximum atomic E-state index is 13.2. The van der Waals surface area contributed by atoms with E-state index in [0.29, 0.717) is 21.6 Å². The number of thioether (sulfide) groups is 1. The van der Waals surface area contributed by atoms with Crippen molar-refractivity contribution in [3.63, 3.8) is 0 Å². The van der Waals surface area contributed by atoms with E-state index in [1.165, 1.54) is 17.7 Å². The molecule has 1 aliphatic carbocycles. The zero-order valence-corrected chi connectivity index (χ0v) is 18.3. The molecule has 0 unspecified atom stereocenters. The van der Waals surface area contributed by atoms with Crippen LogP contribution in [0, 0.1) is 0 Å². The monoisotopic (exact) mass is 452 g/mol. The first-order valence-electron chi connectivity index (χ1n) is 9.18. The first-order valence-corrected chi connectivity index (χ1v) is 10.9. The highest BCUT2D eigenvalue weighted by Crippen LogP contribution is 2.39. The van der Waals surface area contributed by atoms with Crippen LogP contribution < -0.4 is 5.32 Å². The van der Waals surface area contributed by atoms with Gasteiger partial charge in [-0.3, -0.25) is 14.5 Å². The van der Waals surface area contributed by atoms with Crippen molar-refractivity contribution in [2.24, 2.45) is 0 Å². The van der Waals surface area contributed by atoms with Crippen LogP contribution in [0.5, 0.6) is 0 Å². The Bertz CT molecular complexity index is 772. The lowest BCUT2D eigenvalue weighted by Gasteiger charge is -2.40. The molecule has 5 nitrogen and oxygen atoms in total. The number of benzene rings is 1. The Kier molecular flexibility index (Phi) is 6.21. The molecule has 0 radical (unpaired) electrons. The number of allylic oxidation sites excluding steroid dienone is 1. The molecule has 7 heteroatoms. The van der Waals surface area contributed by atoms with Crippen molar-refractivity contribution >= 4 is 45.2 Å². The van der Waals surface area contributed by atoms with Crippen LogP contribution in [0.2, 0.25) is 0 Å². The number of nitrogens with one attached hydrogen (secondary N) is 1. The lowest BCUT2D eigenvalue weighted by Crippen LogP contribution is -2.57. The van der Waals surface area contributed by atoms with Gasteiger partial charge in [-0.05, 0) is 51.8 Å². The molecule has 1 aromatic carbocycles. The number of rotatable bonds is 5. The third-order valence-corrected chi connectivity index (χ3v) is 7.06. The fourth-order valence-corrected chi connectivity index (χ4v) is 4.99. The van der Waals surface area contributed by atoms with Gasteiger partial charge < -0.3 is 10.1 Å². The summed E-state index contributed by atoms with van der Waals surface area (Å²) in [4.78, 5) is 28.2. The van der Waals surface area contributed by atoms with Crippen molar-refractivity contribution in [3.8, 4) is 0 Å². The van der Waals surface area contributed by atoms with Crippen molar-refractivity contribution in [2.75, 3.05) is 12.0 Å². The van der Waals surface area contributed by atoms with Crippen LogP contribution in [-0.4, -0.2) is 34.2 Å². The van der Waals surface area contributed by atoms with Gasteiger partial charge in [0.25, 0.3) is 5.91 Å². The Morgan fingerprint density at radius 2 is 2.04 bits per heavy atom. The lowest BCUT2D eigenvalue weighted by atomic mass is 10.0. The van der Waals surface area contributed by atoms with Gasteiger partial charge in [-0.2, -0.15) is 0 Å². The van der Waals surface area contributed by atoms with E-state index in [1.54, 1.807) is 25.6 Å². The van der Waals surface area contributed by atoms with E-state index >= 15 is 0 Å². The molecule has 1 heterocycles. The summed E-state index contributed by atoms with van der Waals surface area (Å²) in [7, 11) is 0. The summed E-state index contributed by atoms with van der Waals surface area (Å²) < 4.78 is 6.64. The second kappa shape index (κ2) is 8.27. The Balaban J connectivity index is 1.75. The summed E-state index contributed by atoms with van der Waals surface area (Å²) in [6.07, 6.45) is 4.68. The van der Waals surface area contributed by atoms with Gasteiger partial charge in [0.15, 0.2) is 6.73 Å². The molecule has 1 saturated carbocycles. The molecular weight excluding hydrogens is 428 g/mol. The van der Waals surface area contributed by atoms with Gasteiger partial charge in [0.2, 0.25) is 5.91 Å². The molecule has 27 heavy (non-hydrogen) atoms. The second-order valence-corrected chi connectivity index (χ2v) is 9.67. The molecule has 2 amide bonds. The number of nitrogens with zero attached hydrogens (tertiary/aromatic N) is 1. The van der Waals surface area contributed by atoms with Crippen LogP contribution in [0.4, 0.5) is 5.69 Å². The minimum atomic E-state index is -1.04. The van der Waals surface area contributed by atoms with Gasteiger partial charge in [0.05, 0.1) is 0 Å². The van der Waals surface area contributed by atoms with Crippen LogP contribution in [0.1, 0.15) is 46.5 Å². The number of carbonyl (C=O) groups is 2. The molecule has 0 saturated heterocycles. The van der Waals surface area contributed by atoms with Crippen LogP contribution in [0.3, 0.4) is 0 Å². The van der Waals surface area contributed by atoms with Gasteiger partial charge in [-0.25, -0.2) is 0 Å². The van der Waals surface area contributed by atoms with Crippen molar-refractivity contribution in [1.29, 1.82) is 0 Å². The molecule has 0 aromatic heterocycles. The fourth-order valence-electron chi connectivity index (χ4n) is 3.25. The van der Waals surface area contributed by atoms with Crippen molar-refractivity contribution in [3.05, 3.63) is 39.4 Å². The topological polar surface area (TPSA) is 58.6 Å². The van der Waals surface area contributed by atoms with E-state index in [1.807, 2.05) is 31.2 Å². The molecule has 3 rings (SSSR count). The van der Waals surface area contributed by atoms with Crippen LogP contribution in [-0.2, 0) is 14.3 Å². The number of ether oxygens (including phenoxy) is 1. The predicted octanol–water partition coefficient (Wildman–Crippen LogP) is 4.89. The summed E-state index contributed by atoms with van der Waals surface area (Å²) in [5.41, 5.74) is -0.359. The molecule has 0 spiro atoms. The molecule has 146 valence electrons. The number of carbonyl (C=O) groups excluding carboxylic acids is 2. The smallest absolute Gasteiger partial charge is 0.267 e. The highest BCUT2D eigenvalue weighted by molar-refractivity contribution is 9.10. The SMILES string of the molecule is CC1=C(SC2CCCC2)C(=O)N(C(C)(C)C(=O)Nc2cccc(Br)c2)CO1. The Morgan fingerprint density at radius 1 is 1.33 bits per heavy atom. The summed E-state index contributed by atoms with van der Waals surface area (Å²) in [5.74, 6) is 0.295. The molecule has 1 aromatic rings. The van der Waals surface area contributed by atoms with E-state index in [4.69, 9.17) is 4.74 Å². The zero-order valence-electron chi connectivity index (χ0n) is 15.9. The van der Waals surface area contributed by atoms with Crippen molar-refractivity contribution < 1.29 is 14.3 Å². The highest BCUT2D eigenvalue weighted by atomic mass is 79.9. The average Bonchev–Trinajstić information content (AvgIpc) is 3.11. The van der Waals surface area contributed by atoms with Gasteiger partial charge in [0.1, 0.15) is 16.2 Å². The van der Waals surface area contributed by atoms with E-state index in [2.05, 4.69) is 21.2 Å². The Labute approximate surface area is 173 Å². The third kappa shape index (κ3) is 4.51. The van der Waals surface area contributed by atoms with Gasteiger partial charge in [-0.15, -0.1) is 11.8 Å². The third-order valence-electron chi connectivity index (χ3n) is 5.07. The predicted molar refractivity (Wildman–Crippen MR) is 112 cm³/mol. The highest BCUT2D eigenvalue weighted by Gasteiger charge is 2.42. The normalized spacial score (nSPS) is 18.7. The molecule has 2 aliphatic rings. The summed E-state index contributed by atoms with van der Waals surface area (Å²) in [6, 6.07) is 7.39. The number of hydrogen-bond donors (Lipinski definition) is 1. The Hall–Kier alpha value is -1.47. The number of hydrogen-bond acceptors (Lipinski definition) is 4. The largest absolute Gasteiger partial charge is 0.476 e. The van der Waals surface area contributed by atoms with E-state index < -0.39 is 5.54 Å². The first kappa shape index (κ1) is 20.3. The van der Waals surface area contributed by atoms with Crippen LogP contribution in [0.15, 0.2) is 39.4 Å². The Morgan fingerprint density at radius 3 is 2.70 bits per heavy atom.